The summed E-state index contributed by atoms with van der Waals surface area (Å²) in [6.07, 6.45) is 9.17. The molecule has 4 rings (SSSR count). The zero-order valence-corrected chi connectivity index (χ0v) is 12.5. The quantitative estimate of drug-likeness (QED) is 0.721. The molecule has 1 saturated carbocycles. The molecule has 0 heterocycles. The Morgan fingerprint density at radius 3 is 2.48 bits per heavy atom. The number of hydrogen-bond donors (Lipinski definition) is 0. The van der Waals surface area contributed by atoms with Gasteiger partial charge in [0.1, 0.15) is 5.78 Å². The number of carbonyl (C=O) groups excluding carboxylic acids is 1. The monoisotopic (exact) mass is 278 g/mol. The molecule has 21 heavy (non-hydrogen) atoms. The first kappa shape index (κ1) is 13.1. The van der Waals surface area contributed by atoms with E-state index in [0.717, 1.165) is 18.8 Å². The second-order valence-electron chi connectivity index (χ2n) is 6.78. The van der Waals surface area contributed by atoms with Gasteiger partial charge in [0.2, 0.25) is 0 Å². The van der Waals surface area contributed by atoms with E-state index in [1.54, 1.807) is 0 Å². The van der Waals surface area contributed by atoms with Crippen molar-refractivity contribution in [3.8, 4) is 0 Å². The summed E-state index contributed by atoms with van der Waals surface area (Å²) in [4.78, 5) is 11.6. The fourth-order valence-corrected chi connectivity index (χ4v) is 4.07. The maximum absolute atomic E-state index is 11.6. The number of fused-ring (bicyclic) bond motifs is 2. The first-order valence-corrected chi connectivity index (χ1v) is 8.37. The molecule has 2 aromatic carbocycles. The van der Waals surface area contributed by atoms with E-state index in [4.69, 9.17) is 0 Å². The molecule has 0 radical (unpaired) electrons. The molecule has 0 bridgehead atoms. The lowest BCUT2D eigenvalue weighted by Crippen LogP contribution is -2.13. The molecule has 0 aliphatic heterocycles. The molecule has 2 aliphatic carbocycles. The van der Waals surface area contributed by atoms with Crippen LogP contribution in [0.4, 0.5) is 0 Å². The van der Waals surface area contributed by atoms with Crippen molar-refractivity contribution in [3.05, 3.63) is 47.0 Å². The number of hydrogen-bond acceptors (Lipinski definition) is 1. The van der Waals surface area contributed by atoms with E-state index >= 15 is 0 Å². The minimum atomic E-state index is 0.390. The Morgan fingerprint density at radius 2 is 1.62 bits per heavy atom. The van der Waals surface area contributed by atoms with Crippen LogP contribution in [0.1, 0.15) is 61.1 Å². The minimum absolute atomic E-state index is 0.390. The molecule has 0 unspecified atom stereocenters. The van der Waals surface area contributed by atoms with Crippen LogP contribution in [-0.2, 0) is 17.6 Å². The molecular formula is C20H22O. The predicted molar refractivity (Wildman–Crippen MR) is 86.8 cm³/mol. The lowest BCUT2D eigenvalue weighted by Gasteiger charge is -2.23. The smallest absolute Gasteiger partial charge is 0.137 e. The molecule has 2 aliphatic rings. The summed E-state index contributed by atoms with van der Waals surface area (Å²) in [5.74, 6) is 1.15. The Morgan fingerprint density at radius 1 is 0.810 bits per heavy atom. The van der Waals surface area contributed by atoms with Gasteiger partial charge in [-0.05, 0) is 52.6 Å². The molecule has 1 heteroatoms. The maximum atomic E-state index is 11.6. The van der Waals surface area contributed by atoms with E-state index in [1.165, 1.54) is 59.6 Å². The van der Waals surface area contributed by atoms with Crippen LogP contribution >= 0.6 is 0 Å². The topological polar surface area (TPSA) is 17.1 Å². The van der Waals surface area contributed by atoms with Crippen LogP contribution in [0.25, 0.3) is 10.8 Å². The molecule has 0 amide bonds. The van der Waals surface area contributed by atoms with Crippen LogP contribution < -0.4 is 0 Å². The van der Waals surface area contributed by atoms with Gasteiger partial charge in [0.05, 0.1) is 0 Å². The number of Topliss-reactive ketones (excluding diaryl/α,β-unsaturated/α-hetero) is 1. The average Bonchev–Trinajstić information content (AvgIpc) is 2.53. The maximum Gasteiger partial charge on any atom is 0.137 e. The number of benzene rings is 2. The molecule has 0 spiro atoms. The van der Waals surface area contributed by atoms with Gasteiger partial charge >= 0.3 is 0 Å². The Balaban J connectivity index is 1.74. The van der Waals surface area contributed by atoms with Crippen LogP contribution in [0.5, 0.6) is 0 Å². The summed E-state index contributed by atoms with van der Waals surface area (Å²) in [5, 5.41) is 2.66. The van der Waals surface area contributed by atoms with Gasteiger partial charge in [-0.1, -0.05) is 49.6 Å². The summed E-state index contributed by atoms with van der Waals surface area (Å²) in [7, 11) is 0. The summed E-state index contributed by atoms with van der Waals surface area (Å²) < 4.78 is 0. The van der Waals surface area contributed by atoms with Crippen LogP contribution in [0.2, 0.25) is 0 Å². The third-order valence-electron chi connectivity index (χ3n) is 5.32. The highest BCUT2D eigenvalue weighted by atomic mass is 16.1. The molecule has 2 aromatic rings. The van der Waals surface area contributed by atoms with E-state index in [9.17, 15) is 4.79 Å². The summed E-state index contributed by atoms with van der Waals surface area (Å²) in [6.45, 7) is 0. The standard InChI is InChI=1S/C20H22O/c21-20-9-8-17-11-18-10-15(14-4-2-1-3-5-14)6-7-16(18)12-19(17)13-20/h6-7,10-12,14H,1-5,8-9,13H2. The first-order valence-electron chi connectivity index (χ1n) is 8.37. The predicted octanol–water partition coefficient (Wildman–Crippen LogP) is 4.95. The summed E-state index contributed by atoms with van der Waals surface area (Å²) >= 11 is 0. The fraction of sp³-hybridized carbons (Fsp3) is 0.450. The van der Waals surface area contributed by atoms with Gasteiger partial charge in [0.25, 0.3) is 0 Å². The summed E-state index contributed by atoms with van der Waals surface area (Å²) in [6, 6.07) is 11.6. The van der Waals surface area contributed by atoms with Crippen molar-refractivity contribution in [1.29, 1.82) is 0 Å². The Bertz CT molecular complexity index is 692. The highest BCUT2D eigenvalue weighted by Crippen LogP contribution is 2.35. The number of aryl methyl sites for hydroxylation is 1. The summed E-state index contributed by atoms with van der Waals surface area (Å²) in [5.41, 5.74) is 4.17. The zero-order chi connectivity index (χ0) is 14.2. The van der Waals surface area contributed by atoms with Crippen LogP contribution in [0.3, 0.4) is 0 Å². The number of carbonyl (C=O) groups is 1. The van der Waals surface area contributed by atoms with Crippen molar-refractivity contribution in [2.75, 3.05) is 0 Å². The fourth-order valence-electron chi connectivity index (χ4n) is 4.07. The highest BCUT2D eigenvalue weighted by Gasteiger charge is 2.18. The molecule has 1 nitrogen and oxygen atoms in total. The lowest BCUT2D eigenvalue weighted by atomic mass is 9.82. The van der Waals surface area contributed by atoms with Crippen LogP contribution in [0, 0.1) is 0 Å². The van der Waals surface area contributed by atoms with Gasteiger partial charge < -0.3 is 0 Å². The van der Waals surface area contributed by atoms with E-state index in [0.29, 0.717) is 12.2 Å². The van der Waals surface area contributed by atoms with Crippen LogP contribution in [0.15, 0.2) is 30.3 Å². The van der Waals surface area contributed by atoms with Crippen molar-refractivity contribution in [1.82, 2.24) is 0 Å². The third-order valence-corrected chi connectivity index (χ3v) is 5.32. The van der Waals surface area contributed by atoms with E-state index in [-0.39, 0.29) is 0 Å². The highest BCUT2D eigenvalue weighted by molar-refractivity contribution is 5.89. The molecular weight excluding hydrogens is 256 g/mol. The van der Waals surface area contributed by atoms with Crippen molar-refractivity contribution >= 4 is 16.6 Å². The third kappa shape index (κ3) is 2.50. The van der Waals surface area contributed by atoms with Crippen molar-refractivity contribution in [3.63, 3.8) is 0 Å². The largest absolute Gasteiger partial charge is 0.299 e. The van der Waals surface area contributed by atoms with Gasteiger partial charge in [-0.3, -0.25) is 4.79 Å². The van der Waals surface area contributed by atoms with Gasteiger partial charge in [0.15, 0.2) is 0 Å². The Hall–Kier alpha value is -1.63. The van der Waals surface area contributed by atoms with Crippen LogP contribution in [-0.4, -0.2) is 5.78 Å². The van der Waals surface area contributed by atoms with Gasteiger partial charge in [-0.25, -0.2) is 0 Å². The van der Waals surface area contributed by atoms with Crippen molar-refractivity contribution in [2.45, 2.75) is 57.3 Å². The van der Waals surface area contributed by atoms with Crippen molar-refractivity contribution < 1.29 is 4.79 Å². The molecule has 0 atom stereocenters. The SMILES string of the molecule is O=C1CCc2cc3cc(C4CCCCC4)ccc3cc2C1. The lowest BCUT2D eigenvalue weighted by molar-refractivity contribution is -0.118. The first-order chi connectivity index (χ1) is 10.3. The average molecular weight is 278 g/mol. The Labute approximate surface area is 126 Å². The van der Waals surface area contributed by atoms with Gasteiger partial charge in [0, 0.05) is 12.8 Å². The zero-order valence-electron chi connectivity index (χ0n) is 12.5. The van der Waals surface area contributed by atoms with Crippen molar-refractivity contribution in [2.24, 2.45) is 0 Å². The molecule has 0 N–H and O–H groups in total. The van der Waals surface area contributed by atoms with E-state index in [2.05, 4.69) is 30.3 Å². The second kappa shape index (κ2) is 5.29. The number of ketones is 1. The second-order valence-corrected chi connectivity index (χ2v) is 6.78. The van der Waals surface area contributed by atoms with E-state index in [1.807, 2.05) is 0 Å². The normalized spacial score (nSPS) is 19.7. The molecule has 1 fully saturated rings. The number of rotatable bonds is 1. The molecule has 108 valence electrons. The van der Waals surface area contributed by atoms with E-state index < -0.39 is 0 Å². The molecule has 0 saturated heterocycles. The Kier molecular flexibility index (Phi) is 3.29. The van der Waals surface area contributed by atoms with Gasteiger partial charge in [-0.2, -0.15) is 0 Å². The molecule has 0 aromatic heterocycles. The minimum Gasteiger partial charge on any atom is -0.299 e. The van der Waals surface area contributed by atoms with Gasteiger partial charge in [-0.15, -0.1) is 0 Å².